The number of aryl methyl sites for hydroxylation is 1. The number of nitrogens with one attached hydrogen (secondary N) is 1. The Morgan fingerprint density at radius 3 is 2.83 bits per heavy atom. The van der Waals surface area contributed by atoms with Gasteiger partial charge in [-0.15, -0.1) is 0 Å². The van der Waals surface area contributed by atoms with Crippen molar-refractivity contribution in [2.75, 3.05) is 25.0 Å². The molecule has 0 bridgehead atoms. The molecule has 3 aromatic rings. The summed E-state index contributed by atoms with van der Waals surface area (Å²) in [6.45, 7) is 7.39. The molecule has 3 aromatic heterocycles. The molecule has 7 heteroatoms. The first-order valence-corrected chi connectivity index (χ1v) is 10.3. The van der Waals surface area contributed by atoms with E-state index in [4.69, 9.17) is 0 Å². The molecule has 0 spiro atoms. The molecule has 7 nitrogen and oxygen atoms in total. The number of rotatable bonds is 5. The molecule has 0 aliphatic carbocycles. The summed E-state index contributed by atoms with van der Waals surface area (Å²) in [7, 11) is 1.89. The summed E-state index contributed by atoms with van der Waals surface area (Å²) >= 11 is 0. The smallest absolute Gasteiger partial charge is 0.229 e. The molecule has 1 aliphatic rings. The maximum Gasteiger partial charge on any atom is 0.229 e. The average molecular weight is 393 g/mol. The van der Waals surface area contributed by atoms with Crippen molar-refractivity contribution in [3.63, 3.8) is 0 Å². The van der Waals surface area contributed by atoms with Gasteiger partial charge in [0.1, 0.15) is 5.82 Å². The van der Waals surface area contributed by atoms with E-state index in [1.165, 1.54) is 0 Å². The number of amides is 1. The standard InChI is InChI=1S/C22H28N6O/c1-15(2)12-28-6-4-5-16(14-28)22(29)26-21-8-17-7-18(9-23-20(17)11-24-21)19-10-25-27(3)13-19/h7-11,13,15-16H,4-6,12,14H2,1-3H3,(H,24,26,29)/t16-/m0/s1. The minimum absolute atomic E-state index is 0.0137. The van der Waals surface area contributed by atoms with E-state index in [0.29, 0.717) is 11.7 Å². The third-order valence-electron chi connectivity index (χ3n) is 5.36. The van der Waals surface area contributed by atoms with E-state index in [9.17, 15) is 4.79 Å². The molecule has 1 saturated heterocycles. The van der Waals surface area contributed by atoms with Gasteiger partial charge in [0, 0.05) is 49.0 Å². The molecule has 1 fully saturated rings. The minimum Gasteiger partial charge on any atom is -0.310 e. The second kappa shape index (κ2) is 8.29. The summed E-state index contributed by atoms with van der Waals surface area (Å²) < 4.78 is 1.77. The highest BCUT2D eigenvalue weighted by atomic mass is 16.2. The predicted octanol–water partition coefficient (Wildman–Crippen LogP) is 3.34. The van der Waals surface area contributed by atoms with Crippen LogP contribution in [-0.2, 0) is 11.8 Å². The fourth-order valence-electron chi connectivity index (χ4n) is 4.01. The maximum absolute atomic E-state index is 12.8. The zero-order valence-corrected chi connectivity index (χ0v) is 17.3. The van der Waals surface area contributed by atoms with Crippen molar-refractivity contribution >= 4 is 22.6 Å². The molecule has 0 unspecified atom stereocenters. The van der Waals surface area contributed by atoms with E-state index in [-0.39, 0.29) is 11.8 Å². The Morgan fingerprint density at radius 1 is 1.21 bits per heavy atom. The van der Waals surface area contributed by atoms with Gasteiger partial charge < -0.3 is 10.2 Å². The lowest BCUT2D eigenvalue weighted by molar-refractivity contribution is -0.121. The number of piperidine rings is 1. The van der Waals surface area contributed by atoms with Gasteiger partial charge in [-0.3, -0.25) is 14.5 Å². The van der Waals surface area contributed by atoms with Crippen LogP contribution in [0, 0.1) is 11.8 Å². The highest BCUT2D eigenvalue weighted by Crippen LogP contribution is 2.24. The number of fused-ring (bicyclic) bond motifs is 1. The molecule has 1 amide bonds. The number of hydrogen-bond donors (Lipinski definition) is 1. The van der Waals surface area contributed by atoms with Crippen molar-refractivity contribution in [2.45, 2.75) is 26.7 Å². The van der Waals surface area contributed by atoms with Crippen molar-refractivity contribution in [3.05, 3.63) is 36.9 Å². The van der Waals surface area contributed by atoms with Gasteiger partial charge in [0.05, 0.1) is 23.8 Å². The molecule has 0 radical (unpaired) electrons. The van der Waals surface area contributed by atoms with Gasteiger partial charge in [-0.1, -0.05) is 13.8 Å². The van der Waals surface area contributed by atoms with Crippen LogP contribution in [0.5, 0.6) is 0 Å². The van der Waals surface area contributed by atoms with Gasteiger partial charge >= 0.3 is 0 Å². The second-order valence-electron chi connectivity index (χ2n) is 8.37. The Kier molecular flexibility index (Phi) is 5.58. The second-order valence-corrected chi connectivity index (χ2v) is 8.37. The van der Waals surface area contributed by atoms with Crippen LogP contribution in [0.4, 0.5) is 5.82 Å². The minimum atomic E-state index is 0.0137. The summed E-state index contributed by atoms with van der Waals surface area (Å²) in [6, 6.07) is 3.95. The van der Waals surface area contributed by atoms with E-state index in [0.717, 1.165) is 54.5 Å². The molecule has 0 aromatic carbocycles. The number of aromatic nitrogens is 4. The first kappa shape index (κ1) is 19.5. The van der Waals surface area contributed by atoms with E-state index in [2.05, 4.69) is 45.2 Å². The van der Waals surface area contributed by atoms with Gasteiger partial charge in [-0.05, 0) is 37.4 Å². The van der Waals surface area contributed by atoms with Gasteiger partial charge in [0.25, 0.3) is 0 Å². The van der Waals surface area contributed by atoms with Crippen LogP contribution in [0.3, 0.4) is 0 Å². The number of likely N-dealkylation sites (tertiary alicyclic amines) is 1. The van der Waals surface area contributed by atoms with E-state index in [1.54, 1.807) is 10.9 Å². The van der Waals surface area contributed by atoms with Crippen molar-refractivity contribution in [1.82, 2.24) is 24.6 Å². The predicted molar refractivity (Wildman–Crippen MR) is 114 cm³/mol. The van der Waals surface area contributed by atoms with Crippen LogP contribution < -0.4 is 5.32 Å². The van der Waals surface area contributed by atoms with Gasteiger partial charge in [-0.25, -0.2) is 4.98 Å². The van der Waals surface area contributed by atoms with Crippen molar-refractivity contribution < 1.29 is 4.79 Å². The quantitative estimate of drug-likeness (QED) is 0.721. The first-order chi connectivity index (χ1) is 14.0. The molecule has 1 atom stereocenters. The number of nitrogens with zero attached hydrogens (tertiary/aromatic N) is 5. The molecular weight excluding hydrogens is 364 g/mol. The van der Waals surface area contributed by atoms with E-state index < -0.39 is 0 Å². The highest BCUT2D eigenvalue weighted by Gasteiger charge is 2.26. The van der Waals surface area contributed by atoms with Gasteiger partial charge in [-0.2, -0.15) is 5.10 Å². The fraction of sp³-hybridized carbons (Fsp3) is 0.455. The summed E-state index contributed by atoms with van der Waals surface area (Å²) in [5.41, 5.74) is 2.80. The SMILES string of the molecule is CC(C)CN1CCC[C@H](C(=O)Nc2cc3cc(-c4cnn(C)c4)cnc3cn2)C1. The lowest BCUT2D eigenvalue weighted by atomic mass is 9.96. The Labute approximate surface area is 171 Å². The van der Waals surface area contributed by atoms with E-state index >= 15 is 0 Å². The van der Waals surface area contributed by atoms with Crippen LogP contribution in [0.15, 0.2) is 36.9 Å². The number of hydrogen-bond acceptors (Lipinski definition) is 5. The summed E-state index contributed by atoms with van der Waals surface area (Å²) in [4.78, 5) is 24.1. The normalized spacial score (nSPS) is 17.7. The summed E-state index contributed by atoms with van der Waals surface area (Å²) in [5.74, 6) is 1.26. The van der Waals surface area contributed by atoms with Crippen molar-refractivity contribution in [2.24, 2.45) is 18.9 Å². The topological polar surface area (TPSA) is 75.9 Å². The fourth-order valence-corrected chi connectivity index (χ4v) is 4.01. The zero-order valence-electron chi connectivity index (χ0n) is 17.3. The van der Waals surface area contributed by atoms with Crippen LogP contribution in [0.2, 0.25) is 0 Å². The Hall–Kier alpha value is -2.80. The molecule has 0 saturated carbocycles. The summed E-state index contributed by atoms with van der Waals surface area (Å²) in [6.07, 6.45) is 9.31. The van der Waals surface area contributed by atoms with Crippen LogP contribution in [0.1, 0.15) is 26.7 Å². The maximum atomic E-state index is 12.8. The average Bonchev–Trinajstić information content (AvgIpc) is 3.13. The Morgan fingerprint density at radius 2 is 2.07 bits per heavy atom. The van der Waals surface area contributed by atoms with Gasteiger partial charge in [0.2, 0.25) is 5.91 Å². The Bertz CT molecular complexity index is 1010. The molecule has 1 N–H and O–H groups in total. The monoisotopic (exact) mass is 392 g/mol. The third kappa shape index (κ3) is 4.62. The number of carbonyl (C=O) groups excluding carboxylic acids is 1. The van der Waals surface area contributed by atoms with Crippen LogP contribution in [-0.4, -0.2) is 50.2 Å². The van der Waals surface area contributed by atoms with Crippen molar-refractivity contribution in [1.29, 1.82) is 0 Å². The number of carbonyl (C=O) groups is 1. The number of anilines is 1. The van der Waals surface area contributed by atoms with E-state index in [1.807, 2.05) is 31.7 Å². The molecule has 1 aliphatic heterocycles. The van der Waals surface area contributed by atoms with Crippen LogP contribution in [0.25, 0.3) is 22.0 Å². The number of pyridine rings is 2. The zero-order chi connectivity index (χ0) is 20.4. The molecule has 4 rings (SSSR count). The lowest BCUT2D eigenvalue weighted by Crippen LogP contribution is -2.42. The largest absolute Gasteiger partial charge is 0.310 e. The highest BCUT2D eigenvalue weighted by molar-refractivity contribution is 5.94. The first-order valence-electron chi connectivity index (χ1n) is 10.3. The molecular formula is C22H28N6O. The summed E-state index contributed by atoms with van der Waals surface area (Å²) in [5, 5.41) is 8.19. The molecule has 29 heavy (non-hydrogen) atoms. The lowest BCUT2D eigenvalue weighted by Gasteiger charge is -2.32. The third-order valence-corrected chi connectivity index (χ3v) is 5.36. The van der Waals surface area contributed by atoms with Gasteiger partial charge in [0.15, 0.2) is 0 Å². The molecule has 4 heterocycles. The Balaban J connectivity index is 1.49. The van der Waals surface area contributed by atoms with Crippen molar-refractivity contribution in [3.8, 4) is 11.1 Å². The van der Waals surface area contributed by atoms with Crippen LogP contribution >= 0.6 is 0 Å². The molecule has 152 valence electrons.